The number of nitrogens with one attached hydrogen (secondary N) is 1. The van der Waals surface area contributed by atoms with Gasteiger partial charge < -0.3 is 9.47 Å². The zero-order valence-electron chi connectivity index (χ0n) is 11.4. The minimum atomic E-state index is -0.851. The Hall–Kier alpha value is -2.80. The van der Waals surface area contributed by atoms with Gasteiger partial charge in [0.05, 0.1) is 12.0 Å². The maximum absolute atomic E-state index is 11.8. The van der Waals surface area contributed by atoms with Crippen LogP contribution in [0.4, 0.5) is 16.2 Å². The highest BCUT2D eigenvalue weighted by Crippen LogP contribution is 2.28. The molecule has 8 heteroatoms. The second kappa shape index (κ2) is 6.77. The normalized spacial score (nSPS) is 9.91. The van der Waals surface area contributed by atoms with Gasteiger partial charge in [-0.3, -0.25) is 15.4 Å². The average molecular weight is 323 g/mol. The molecule has 0 fully saturated rings. The summed E-state index contributed by atoms with van der Waals surface area (Å²) in [5, 5.41) is 13.4. The Morgan fingerprint density at radius 2 is 1.82 bits per heavy atom. The second-order valence-electron chi connectivity index (χ2n) is 4.11. The van der Waals surface area contributed by atoms with Crippen molar-refractivity contribution in [3.63, 3.8) is 0 Å². The van der Waals surface area contributed by atoms with Crippen LogP contribution in [0.25, 0.3) is 0 Å². The van der Waals surface area contributed by atoms with Crippen molar-refractivity contribution in [2.24, 2.45) is 0 Å². The van der Waals surface area contributed by atoms with Crippen LogP contribution in [0.5, 0.6) is 11.5 Å². The van der Waals surface area contributed by atoms with Crippen molar-refractivity contribution in [2.45, 2.75) is 0 Å². The van der Waals surface area contributed by atoms with Crippen molar-refractivity contribution >= 4 is 29.1 Å². The number of nitrogens with zero attached hydrogens (tertiary/aromatic N) is 1. The van der Waals surface area contributed by atoms with Crippen LogP contribution in [0.2, 0.25) is 5.02 Å². The van der Waals surface area contributed by atoms with E-state index in [1.807, 2.05) is 0 Å². The van der Waals surface area contributed by atoms with Gasteiger partial charge in [0.2, 0.25) is 0 Å². The van der Waals surface area contributed by atoms with E-state index in [2.05, 4.69) is 5.32 Å². The minimum Gasteiger partial charge on any atom is -0.497 e. The molecule has 0 bridgehead atoms. The van der Waals surface area contributed by atoms with Gasteiger partial charge in [0.25, 0.3) is 5.69 Å². The molecule has 0 heterocycles. The summed E-state index contributed by atoms with van der Waals surface area (Å²) >= 11 is 5.70. The summed E-state index contributed by atoms with van der Waals surface area (Å²) in [4.78, 5) is 22.1. The number of benzene rings is 2. The van der Waals surface area contributed by atoms with Gasteiger partial charge in [-0.1, -0.05) is 11.6 Å². The molecule has 1 amide bonds. The van der Waals surface area contributed by atoms with Gasteiger partial charge in [-0.15, -0.1) is 0 Å². The molecule has 0 atom stereocenters. The zero-order chi connectivity index (χ0) is 16.1. The molecule has 0 unspecified atom stereocenters. The van der Waals surface area contributed by atoms with Crippen molar-refractivity contribution < 1.29 is 19.2 Å². The Labute approximate surface area is 130 Å². The number of halogens is 1. The second-order valence-corrected chi connectivity index (χ2v) is 4.55. The number of carbonyl (C=O) groups excluding carboxylic acids is 1. The van der Waals surface area contributed by atoms with E-state index in [1.165, 1.54) is 31.4 Å². The number of nitro benzene ring substituents is 1. The van der Waals surface area contributed by atoms with Gasteiger partial charge in [0.15, 0.2) is 0 Å². The van der Waals surface area contributed by atoms with Crippen LogP contribution in [0.3, 0.4) is 0 Å². The zero-order valence-corrected chi connectivity index (χ0v) is 12.2. The molecule has 0 saturated carbocycles. The van der Waals surface area contributed by atoms with E-state index in [4.69, 9.17) is 21.1 Å². The molecule has 0 radical (unpaired) electrons. The van der Waals surface area contributed by atoms with Crippen molar-refractivity contribution in [3.05, 3.63) is 57.6 Å². The molecule has 2 aromatic rings. The number of methoxy groups -OCH3 is 1. The van der Waals surface area contributed by atoms with Crippen LogP contribution in [-0.2, 0) is 0 Å². The molecule has 0 spiro atoms. The van der Waals surface area contributed by atoms with Gasteiger partial charge in [-0.05, 0) is 36.4 Å². The van der Waals surface area contributed by atoms with Crippen LogP contribution in [0.15, 0.2) is 42.5 Å². The predicted octanol–water partition coefficient (Wildman–Crippen LogP) is 3.87. The number of anilines is 1. The van der Waals surface area contributed by atoms with E-state index in [0.717, 1.165) is 6.07 Å². The number of rotatable bonds is 4. The first kappa shape index (κ1) is 15.6. The largest absolute Gasteiger partial charge is 0.497 e. The molecular formula is C14H11ClN2O5. The minimum absolute atomic E-state index is 0.00656. The predicted molar refractivity (Wildman–Crippen MR) is 80.7 cm³/mol. The average Bonchev–Trinajstić information content (AvgIpc) is 2.49. The number of amides is 1. The summed E-state index contributed by atoms with van der Waals surface area (Å²) in [6.07, 6.45) is -0.851. The molecule has 2 rings (SSSR count). The van der Waals surface area contributed by atoms with Crippen LogP contribution in [-0.4, -0.2) is 18.1 Å². The summed E-state index contributed by atoms with van der Waals surface area (Å²) in [5.74, 6) is 0.885. The Kier molecular flexibility index (Phi) is 4.80. The molecule has 0 aliphatic heterocycles. The van der Waals surface area contributed by atoms with E-state index in [1.54, 1.807) is 12.1 Å². The van der Waals surface area contributed by atoms with E-state index in [0.29, 0.717) is 5.75 Å². The Bertz CT molecular complexity index is 703. The van der Waals surface area contributed by atoms with Gasteiger partial charge in [-0.2, -0.15) is 0 Å². The van der Waals surface area contributed by atoms with Crippen LogP contribution in [0, 0.1) is 10.1 Å². The standard InChI is InChI=1S/C14H11ClN2O5/c1-21-10-3-5-11(6-4-10)22-14(18)16-12-7-2-9(15)8-13(12)17(19)20/h2-8H,1H3,(H,16,18). The van der Waals surface area contributed by atoms with Gasteiger partial charge in [0, 0.05) is 11.1 Å². The monoisotopic (exact) mass is 322 g/mol. The topological polar surface area (TPSA) is 90.7 Å². The summed E-state index contributed by atoms with van der Waals surface area (Å²) in [5.41, 5.74) is -0.327. The molecule has 114 valence electrons. The molecule has 0 aliphatic rings. The highest BCUT2D eigenvalue weighted by Gasteiger charge is 2.17. The lowest BCUT2D eigenvalue weighted by Gasteiger charge is -2.08. The first-order valence-electron chi connectivity index (χ1n) is 6.06. The summed E-state index contributed by atoms with van der Waals surface area (Å²) in [6, 6.07) is 10.2. The third kappa shape index (κ3) is 3.86. The number of ether oxygens (including phenoxy) is 2. The summed E-state index contributed by atoms with van der Waals surface area (Å²) in [7, 11) is 1.52. The molecule has 7 nitrogen and oxygen atoms in total. The van der Waals surface area contributed by atoms with Crippen LogP contribution >= 0.6 is 11.6 Å². The first-order valence-corrected chi connectivity index (χ1v) is 6.44. The molecule has 0 aromatic heterocycles. The highest BCUT2D eigenvalue weighted by molar-refractivity contribution is 6.31. The van der Waals surface area contributed by atoms with Gasteiger partial charge in [0.1, 0.15) is 17.2 Å². The lowest BCUT2D eigenvalue weighted by Crippen LogP contribution is -2.17. The molecule has 0 aliphatic carbocycles. The summed E-state index contributed by atoms with van der Waals surface area (Å²) < 4.78 is 10.0. The van der Waals surface area contributed by atoms with Gasteiger partial charge in [-0.25, -0.2) is 4.79 Å². The number of nitro groups is 1. The maximum atomic E-state index is 11.8. The molecule has 1 N–H and O–H groups in total. The Balaban J connectivity index is 2.10. The molecule has 22 heavy (non-hydrogen) atoms. The van der Waals surface area contributed by atoms with Crippen molar-refractivity contribution in [1.29, 1.82) is 0 Å². The Morgan fingerprint density at radius 3 is 2.41 bits per heavy atom. The number of carbonyl (C=O) groups is 1. The van der Waals surface area contributed by atoms with Crippen LogP contribution < -0.4 is 14.8 Å². The summed E-state index contributed by atoms with van der Waals surface area (Å²) in [6.45, 7) is 0. The fourth-order valence-corrected chi connectivity index (χ4v) is 1.81. The van der Waals surface area contributed by atoms with E-state index >= 15 is 0 Å². The van der Waals surface area contributed by atoms with Crippen LogP contribution in [0.1, 0.15) is 0 Å². The van der Waals surface area contributed by atoms with Gasteiger partial charge >= 0.3 is 6.09 Å². The fourth-order valence-electron chi connectivity index (χ4n) is 1.65. The lowest BCUT2D eigenvalue weighted by atomic mass is 10.2. The quantitative estimate of drug-likeness (QED) is 0.681. The van der Waals surface area contributed by atoms with E-state index in [9.17, 15) is 14.9 Å². The van der Waals surface area contributed by atoms with E-state index < -0.39 is 11.0 Å². The molecule has 0 saturated heterocycles. The smallest absolute Gasteiger partial charge is 0.417 e. The molecular weight excluding hydrogens is 312 g/mol. The third-order valence-corrected chi connectivity index (χ3v) is 2.90. The lowest BCUT2D eigenvalue weighted by molar-refractivity contribution is -0.383. The van der Waals surface area contributed by atoms with E-state index in [-0.39, 0.29) is 22.1 Å². The highest BCUT2D eigenvalue weighted by atomic mass is 35.5. The Morgan fingerprint density at radius 1 is 1.18 bits per heavy atom. The van der Waals surface area contributed by atoms with Crippen molar-refractivity contribution in [1.82, 2.24) is 0 Å². The van der Waals surface area contributed by atoms with Crippen molar-refractivity contribution in [2.75, 3.05) is 12.4 Å². The SMILES string of the molecule is COc1ccc(OC(=O)Nc2ccc(Cl)cc2[N+](=O)[O-])cc1. The molecule has 2 aromatic carbocycles. The van der Waals surface area contributed by atoms with Crippen molar-refractivity contribution in [3.8, 4) is 11.5 Å². The first-order chi connectivity index (χ1) is 10.5. The third-order valence-electron chi connectivity index (χ3n) is 2.66. The maximum Gasteiger partial charge on any atom is 0.417 e. The number of hydrogen-bond donors (Lipinski definition) is 1. The fraction of sp³-hybridized carbons (Fsp3) is 0.0714. The number of hydrogen-bond acceptors (Lipinski definition) is 5.